The van der Waals surface area contributed by atoms with Gasteiger partial charge in [-0.2, -0.15) is 30.2 Å². The molecule has 0 aliphatic rings. The van der Waals surface area contributed by atoms with Crippen LogP contribution in [-0.2, 0) is 0 Å². The molecule has 1 nitrogen and oxygen atoms in total. The van der Waals surface area contributed by atoms with Crippen molar-refractivity contribution >= 4 is 11.8 Å². The van der Waals surface area contributed by atoms with Crippen molar-refractivity contribution in [2.45, 2.75) is 20.0 Å². The molecule has 0 heterocycles. The zero-order valence-electron chi connectivity index (χ0n) is 6.90. The van der Waals surface area contributed by atoms with E-state index in [4.69, 9.17) is 5.26 Å². The van der Waals surface area contributed by atoms with Gasteiger partial charge in [0.15, 0.2) is 5.41 Å². The average molecular weight is 197 g/mol. The first kappa shape index (κ1) is 11.6. The van der Waals surface area contributed by atoms with Crippen molar-refractivity contribution in [2.24, 2.45) is 5.41 Å². The maximum Gasteiger partial charge on any atom is 0.407 e. The van der Waals surface area contributed by atoms with Gasteiger partial charge in [-0.15, -0.1) is 0 Å². The van der Waals surface area contributed by atoms with Crippen LogP contribution in [-0.4, -0.2) is 17.7 Å². The Balaban J connectivity index is 4.38. The van der Waals surface area contributed by atoms with E-state index in [0.717, 1.165) is 18.7 Å². The van der Waals surface area contributed by atoms with Gasteiger partial charge in [-0.25, -0.2) is 0 Å². The Bertz CT molecular complexity index is 184. The highest BCUT2D eigenvalue weighted by Crippen LogP contribution is 2.39. The minimum atomic E-state index is -4.43. The molecule has 0 spiro atoms. The van der Waals surface area contributed by atoms with E-state index in [1.807, 2.05) is 0 Å². The van der Waals surface area contributed by atoms with Gasteiger partial charge in [0.2, 0.25) is 0 Å². The first-order valence-corrected chi connectivity index (χ1v) is 4.58. The fourth-order valence-corrected chi connectivity index (χ4v) is 1.32. The molecule has 0 saturated heterocycles. The molecule has 0 amide bonds. The first-order valence-electron chi connectivity index (χ1n) is 3.43. The van der Waals surface area contributed by atoms with Gasteiger partial charge in [0.05, 0.1) is 6.07 Å². The van der Waals surface area contributed by atoms with Crippen molar-refractivity contribution in [3.05, 3.63) is 0 Å². The summed E-state index contributed by atoms with van der Waals surface area (Å²) >= 11 is 1.12. The second-order valence-corrected chi connectivity index (χ2v) is 3.85. The van der Waals surface area contributed by atoms with Crippen molar-refractivity contribution in [1.82, 2.24) is 0 Å². The van der Waals surface area contributed by atoms with Crippen LogP contribution in [0, 0.1) is 16.7 Å². The Morgan fingerprint density at radius 2 is 1.92 bits per heavy atom. The van der Waals surface area contributed by atoms with Gasteiger partial charge in [-0.3, -0.25) is 0 Å². The van der Waals surface area contributed by atoms with E-state index in [2.05, 4.69) is 0 Å². The maximum atomic E-state index is 12.2. The lowest BCUT2D eigenvalue weighted by Crippen LogP contribution is -2.36. The Kier molecular flexibility index (Phi) is 3.91. The van der Waals surface area contributed by atoms with Crippen LogP contribution in [0.2, 0.25) is 0 Å². The van der Waals surface area contributed by atoms with Crippen LogP contribution in [0.4, 0.5) is 13.2 Å². The van der Waals surface area contributed by atoms with Crippen LogP contribution in [0.15, 0.2) is 0 Å². The van der Waals surface area contributed by atoms with E-state index in [1.165, 1.54) is 6.07 Å². The standard InChI is InChI=1S/C7H10F3NS/c1-3-12-5-6(2,4-11)7(8,9)10/h3,5H2,1-2H3. The molecule has 0 aromatic carbocycles. The third-order valence-corrected chi connectivity index (χ3v) is 2.66. The minimum absolute atomic E-state index is 0.191. The topological polar surface area (TPSA) is 23.8 Å². The summed E-state index contributed by atoms with van der Waals surface area (Å²) in [6.07, 6.45) is -4.43. The summed E-state index contributed by atoms with van der Waals surface area (Å²) in [5.74, 6) is 0.400. The number of alkyl halides is 3. The smallest absolute Gasteiger partial charge is 0.197 e. The molecular weight excluding hydrogens is 187 g/mol. The van der Waals surface area contributed by atoms with Gasteiger partial charge in [0, 0.05) is 5.75 Å². The molecule has 70 valence electrons. The fourth-order valence-electron chi connectivity index (χ4n) is 0.484. The Labute approximate surface area is 73.9 Å². The van der Waals surface area contributed by atoms with Gasteiger partial charge in [0.1, 0.15) is 0 Å². The van der Waals surface area contributed by atoms with Gasteiger partial charge in [-0.05, 0) is 12.7 Å². The van der Waals surface area contributed by atoms with Crippen LogP contribution in [0.3, 0.4) is 0 Å². The van der Waals surface area contributed by atoms with Gasteiger partial charge >= 0.3 is 6.18 Å². The molecule has 1 unspecified atom stereocenters. The van der Waals surface area contributed by atoms with Crippen molar-refractivity contribution in [2.75, 3.05) is 11.5 Å². The first-order chi connectivity index (χ1) is 5.37. The van der Waals surface area contributed by atoms with Crippen LogP contribution < -0.4 is 0 Å². The van der Waals surface area contributed by atoms with E-state index in [9.17, 15) is 13.2 Å². The maximum absolute atomic E-state index is 12.2. The van der Waals surface area contributed by atoms with Crippen LogP contribution in [0.25, 0.3) is 0 Å². The molecule has 5 heteroatoms. The molecule has 0 aromatic heterocycles. The molecule has 0 N–H and O–H groups in total. The quantitative estimate of drug-likeness (QED) is 0.694. The molecule has 12 heavy (non-hydrogen) atoms. The lowest BCUT2D eigenvalue weighted by molar-refractivity contribution is -0.188. The summed E-state index contributed by atoms with van der Waals surface area (Å²) in [5, 5.41) is 8.36. The van der Waals surface area contributed by atoms with Crippen molar-refractivity contribution in [3.8, 4) is 6.07 Å². The molecule has 0 saturated carbocycles. The number of rotatable bonds is 3. The van der Waals surface area contributed by atoms with Crippen LogP contribution in [0.1, 0.15) is 13.8 Å². The molecule has 1 atom stereocenters. The van der Waals surface area contributed by atoms with E-state index in [0.29, 0.717) is 5.75 Å². The third-order valence-electron chi connectivity index (χ3n) is 1.47. The highest BCUT2D eigenvalue weighted by Gasteiger charge is 2.51. The summed E-state index contributed by atoms with van der Waals surface area (Å²) in [6.45, 7) is 2.69. The van der Waals surface area contributed by atoms with E-state index < -0.39 is 11.6 Å². The normalized spacial score (nSPS) is 16.7. The van der Waals surface area contributed by atoms with E-state index >= 15 is 0 Å². The monoisotopic (exact) mass is 197 g/mol. The second-order valence-electron chi connectivity index (χ2n) is 2.58. The number of nitrogens with zero attached hydrogens (tertiary/aromatic N) is 1. The molecule has 0 bridgehead atoms. The molecule has 0 aliphatic heterocycles. The lowest BCUT2D eigenvalue weighted by Gasteiger charge is -2.23. The van der Waals surface area contributed by atoms with E-state index in [1.54, 1.807) is 6.92 Å². The van der Waals surface area contributed by atoms with Crippen molar-refractivity contribution < 1.29 is 13.2 Å². The zero-order chi connectivity index (χ0) is 9.83. The predicted octanol–water partition coefficient (Wildman–Crippen LogP) is 2.83. The summed E-state index contributed by atoms with van der Waals surface area (Å²) in [4.78, 5) is 0. The number of thioether (sulfide) groups is 1. The van der Waals surface area contributed by atoms with Crippen molar-refractivity contribution in [3.63, 3.8) is 0 Å². The van der Waals surface area contributed by atoms with Crippen molar-refractivity contribution in [1.29, 1.82) is 5.26 Å². The number of hydrogen-bond donors (Lipinski definition) is 0. The highest BCUT2D eigenvalue weighted by molar-refractivity contribution is 7.99. The highest BCUT2D eigenvalue weighted by atomic mass is 32.2. The zero-order valence-corrected chi connectivity index (χ0v) is 7.72. The summed E-state index contributed by atoms with van der Waals surface area (Å²) < 4.78 is 36.6. The number of halogens is 3. The predicted molar refractivity (Wildman–Crippen MR) is 42.8 cm³/mol. The summed E-state index contributed by atoms with van der Waals surface area (Å²) in [5.41, 5.74) is -2.20. The summed E-state index contributed by atoms with van der Waals surface area (Å²) in [7, 11) is 0. The van der Waals surface area contributed by atoms with Crippen LogP contribution in [0.5, 0.6) is 0 Å². The lowest BCUT2D eigenvalue weighted by atomic mass is 9.95. The molecular formula is C7H10F3NS. The summed E-state index contributed by atoms with van der Waals surface area (Å²) in [6, 6.07) is 1.31. The van der Waals surface area contributed by atoms with Gasteiger partial charge in [-0.1, -0.05) is 6.92 Å². The molecule has 0 fully saturated rings. The molecule has 0 aromatic rings. The molecule has 0 rings (SSSR count). The fraction of sp³-hybridized carbons (Fsp3) is 0.857. The van der Waals surface area contributed by atoms with Crippen LogP contribution >= 0.6 is 11.8 Å². The SMILES string of the molecule is CCSCC(C)(C#N)C(F)(F)F. The molecule has 0 aliphatic carbocycles. The second kappa shape index (κ2) is 4.04. The van der Waals surface area contributed by atoms with Gasteiger partial charge in [0.25, 0.3) is 0 Å². The number of hydrogen-bond acceptors (Lipinski definition) is 2. The van der Waals surface area contributed by atoms with E-state index in [-0.39, 0.29) is 5.75 Å². The Morgan fingerprint density at radius 1 is 1.42 bits per heavy atom. The minimum Gasteiger partial charge on any atom is -0.197 e. The third kappa shape index (κ3) is 2.59. The average Bonchev–Trinajstić information content (AvgIpc) is 1.98. The number of nitriles is 1. The largest absolute Gasteiger partial charge is 0.407 e. The Hall–Kier alpha value is -0.370. The van der Waals surface area contributed by atoms with Gasteiger partial charge < -0.3 is 0 Å². The molecule has 0 radical (unpaired) electrons. The Morgan fingerprint density at radius 3 is 2.17 bits per heavy atom.